The average Bonchev–Trinajstić information content (AvgIpc) is 2.53. The number of hydrogen-bond donors (Lipinski definition) is 2. The van der Waals surface area contributed by atoms with Crippen LogP contribution in [0.15, 0.2) is 24.3 Å². The van der Waals surface area contributed by atoms with Crippen molar-refractivity contribution in [2.24, 2.45) is 0 Å². The molecule has 1 saturated heterocycles. The maximum absolute atomic E-state index is 13.2. The van der Waals surface area contributed by atoms with E-state index in [1.54, 1.807) is 26.0 Å². The summed E-state index contributed by atoms with van der Waals surface area (Å²) < 4.78 is 18.6. The second-order valence-electron chi connectivity index (χ2n) is 6.21. The van der Waals surface area contributed by atoms with Gasteiger partial charge in [0.25, 0.3) is 0 Å². The zero-order valence-corrected chi connectivity index (χ0v) is 13.5. The minimum Gasteiger partial charge on any atom is -0.381 e. The maximum Gasteiger partial charge on any atom is 0.309 e. The van der Waals surface area contributed by atoms with Crippen molar-refractivity contribution in [3.8, 4) is 0 Å². The Morgan fingerprint density at radius 2 is 1.78 bits per heavy atom. The lowest BCUT2D eigenvalue weighted by Crippen LogP contribution is -2.49. The van der Waals surface area contributed by atoms with Crippen molar-refractivity contribution >= 4 is 11.8 Å². The molecule has 5 nitrogen and oxygen atoms in total. The fourth-order valence-corrected chi connectivity index (χ4v) is 2.79. The maximum atomic E-state index is 13.2. The lowest BCUT2D eigenvalue weighted by Gasteiger charge is -2.37. The van der Waals surface area contributed by atoms with Crippen LogP contribution in [0, 0.1) is 5.82 Å². The van der Waals surface area contributed by atoms with Crippen LogP contribution in [0.2, 0.25) is 0 Å². The number of carbonyl (C=O) groups is 2. The van der Waals surface area contributed by atoms with Gasteiger partial charge in [-0.3, -0.25) is 9.59 Å². The molecule has 126 valence electrons. The van der Waals surface area contributed by atoms with Crippen LogP contribution in [0.5, 0.6) is 0 Å². The molecule has 0 aliphatic carbocycles. The Morgan fingerprint density at radius 1 is 1.17 bits per heavy atom. The molecule has 0 radical (unpaired) electrons. The van der Waals surface area contributed by atoms with E-state index in [0.29, 0.717) is 32.6 Å². The van der Waals surface area contributed by atoms with Crippen molar-refractivity contribution in [1.82, 2.24) is 10.6 Å². The normalized spacial score (nSPS) is 16.9. The van der Waals surface area contributed by atoms with Crippen LogP contribution in [0.1, 0.15) is 32.3 Å². The van der Waals surface area contributed by atoms with Gasteiger partial charge in [-0.25, -0.2) is 4.39 Å². The van der Waals surface area contributed by atoms with Crippen LogP contribution in [-0.4, -0.2) is 37.6 Å². The molecular weight excluding hydrogens is 299 g/mol. The van der Waals surface area contributed by atoms with Gasteiger partial charge in [-0.05, 0) is 44.4 Å². The molecule has 1 aliphatic heterocycles. The van der Waals surface area contributed by atoms with Crippen LogP contribution < -0.4 is 10.6 Å². The van der Waals surface area contributed by atoms with Gasteiger partial charge in [0, 0.05) is 31.2 Å². The van der Waals surface area contributed by atoms with Gasteiger partial charge in [-0.1, -0.05) is 12.1 Å². The van der Waals surface area contributed by atoms with Crippen LogP contribution >= 0.6 is 0 Å². The highest BCUT2D eigenvalue weighted by atomic mass is 19.1. The smallest absolute Gasteiger partial charge is 0.309 e. The molecule has 0 atom stereocenters. The highest BCUT2D eigenvalue weighted by Gasteiger charge is 2.35. The lowest BCUT2D eigenvalue weighted by atomic mass is 9.74. The number of amides is 2. The molecule has 1 aromatic rings. The predicted octanol–water partition coefficient (Wildman–Crippen LogP) is 1.51. The second-order valence-corrected chi connectivity index (χ2v) is 6.21. The molecule has 2 rings (SSSR count). The Bertz CT molecular complexity index is 551. The zero-order valence-electron chi connectivity index (χ0n) is 13.5. The number of benzene rings is 1. The highest BCUT2D eigenvalue weighted by Crippen LogP contribution is 2.34. The molecule has 1 aliphatic rings. The highest BCUT2D eigenvalue weighted by molar-refractivity contribution is 6.35. The third kappa shape index (κ3) is 4.51. The number of rotatable bonds is 4. The quantitative estimate of drug-likeness (QED) is 0.826. The number of hydrogen-bond acceptors (Lipinski definition) is 3. The standard InChI is InChI=1S/C17H23FN2O3/c1-12(2)20-16(22)15(21)19-11-17(7-9-23-10-8-17)13-3-5-14(18)6-4-13/h3-6,12H,7-11H2,1-2H3,(H,19,21)(H,20,22). The predicted molar refractivity (Wildman–Crippen MR) is 84.4 cm³/mol. The molecule has 1 fully saturated rings. The van der Waals surface area contributed by atoms with Gasteiger partial charge in [0.15, 0.2) is 0 Å². The van der Waals surface area contributed by atoms with Crippen molar-refractivity contribution in [3.05, 3.63) is 35.6 Å². The van der Waals surface area contributed by atoms with E-state index in [1.165, 1.54) is 12.1 Å². The topological polar surface area (TPSA) is 67.4 Å². The summed E-state index contributed by atoms with van der Waals surface area (Å²) in [4.78, 5) is 23.6. The Hall–Kier alpha value is -1.95. The van der Waals surface area contributed by atoms with Crippen molar-refractivity contribution in [1.29, 1.82) is 0 Å². The SMILES string of the molecule is CC(C)NC(=O)C(=O)NCC1(c2ccc(F)cc2)CCOCC1. The minimum atomic E-state index is -0.647. The van der Waals surface area contributed by atoms with Crippen molar-refractivity contribution in [3.63, 3.8) is 0 Å². The molecule has 0 spiro atoms. The van der Waals surface area contributed by atoms with Gasteiger partial charge < -0.3 is 15.4 Å². The summed E-state index contributed by atoms with van der Waals surface area (Å²) in [6.45, 7) is 5.07. The molecule has 6 heteroatoms. The summed E-state index contributed by atoms with van der Waals surface area (Å²) in [5.41, 5.74) is 0.617. The van der Waals surface area contributed by atoms with Crippen LogP contribution in [-0.2, 0) is 19.7 Å². The summed E-state index contributed by atoms with van der Waals surface area (Å²) in [7, 11) is 0. The molecule has 2 amide bonds. The fourth-order valence-electron chi connectivity index (χ4n) is 2.79. The molecular formula is C17H23FN2O3. The summed E-state index contributed by atoms with van der Waals surface area (Å²) in [5, 5.41) is 5.28. The minimum absolute atomic E-state index is 0.0950. The molecule has 0 bridgehead atoms. The van der Waals surface area contributed by atoms with Crippen molar-refractivity contribution < 1.29 is 18.7 Å². The molecule has 0 aromatic heterocycles. The molecule has 1 aromatic carbocycles. The Morgan fingerprint density at radius 3 is 2.35 bits per heavy atom. The number of nitrogens with one attached hydrogen (secondary N) is 2. The summed E-state index contributed by atoms with van der Waals surface area (Å²) in [6, 6.07) is 6.21. The lowest BCUT2D eigenvalue weighted by molar-refractivity contribution is -0.139. The summed E-state index contributed by atoms with van der Waals surface area (Å²) >= 11 is 0. The molecule has 0 unspecified atom stereocenters. The first-order valence-electron chi connectivity index (χ1n) is 7.85. The van der Waals surface area contributed by atoms with Crippen molar-refractivity contribution in [2.75, 3.05) is 19.8 Å². The molecule has 2 N–H and O–H groups in total. The van der Waals surface area contributed by atoms with Gasteiger partial charge in [-0.15, -0.1) is 0 Å². The van der Waals surface area contributed by atoms with E-state index in [4.69, 9.17) is 4.74 Å². The van der Waals surface area contributed by atoms with E-state index in [-0.39, 0.29) is 17.3 Å². The Labute approximate surface area is 135 Å². The van der Waals surface area contributed by atoms with E-state index in [9.17, 15) is 14.0 Å². The van der Waals surface area contributed by atoms with Gasteiger partial charge in [0.05, 0.1) is 0 Å². The zero-order chi connectivity index (χ0) is 16.9. The first-order valence-corrected chi connectivity index (χ1v) is 7.85. The van der Waals surface area contributed by atoms with E-state index >= 15 is 0 Å². The third-order valence-electron chi connectivity index (χ3n) is 4.12. The van der Waals surface area contributed by atoms with E-state index < -0.39 is 11.8 Å². The van der Waals surface area contributed by atoms with Gasteiger partial charge in [0.1, 0.15) is 5.82 Å². The van der Waals surface area contributed by atoms with Crippen LogP contribution in [0.4, 0.5) is 4.39 Å². The first kappa shape index (κ1) is 17.4. The number of halogens is 1. The number of carbonyl (C=O) groups excluding carboxylic acids is 2. The largest absolute Gasteiger partial charge is 0.381 e. The number of ether oxygens (including phenoxy) is 1. The van der Waals surface area contributed by atoms with Gasteiger partial charge in [0.2, 0.25) is 0 Å². The van der Waals surface area contributed by atoms with Gasteiger partial charge >= 0.3 is 11.8 Å². The first-order chi connectivity index (χ1) is 10.9. The molecule has 0 saturated carbocycles. The van der Waals surface area contributed by atoms with Crippen molar-refractivity contribution in [2.45, 2.75) is 38.1 Å². The molecule has 1 heterocycles. The van der Waals surface area contributed by atoms with Crippen LogP contribution in [0.3, 0.4) is 0 Å². The monoisotopic (exact) mass is 322 g/mol. The third-order valence-corrected chi connectivity index (χ3v) is 4.12. The Kier molecular flexibility index (Phi) is 5.71. The van der Waals surface area contributed by atoms with Gasteiger partial charge in [-0.2, -0.15) is 0 Å². The van der Waals surface area contributed by atoms with Crippen LogP contribution in [0.25, 0.3) is 0 Å². The fraction of sp³-hybridized carbons (Fsp3) is 0.529. The van der Waals surface area contributed by atoms with E-state index in [0.717, 1.165) is 5.56 Å². The summed E-state index contributed by atoms with van der Waals surface area (Å²) in [5.74, 6) is -1.58. The average molecular weight is 322 g/mol. The second kappa shape index (κ2) is 7.55. The van der Waals surface area contributed by atoms with E-state index in [1.807, 2.05) is 0 Å². The summed E-state index contributed by atoms with van der Waals surface area (Å²) in [6.07, 6.45) is 1.43. The Balaban J connectivity index is 2.08. The van der Waals surface area contributed by atoms with E-state index in [2.05, 4.69) is 10.6 Å². The molecule has 23 heavy (non-hydrogen) atoms.